The van der Waals surface area contributed by atoms with E-state index >= 15 is 0 Å². The third kappa shape index (κ3) is 4.09. The van der Waals surface area contributed by atoms with Crippen LogP contribution in [-0.2, 0) is 4.79 Å². The van der Waals surface area contributed by atoms with Crippen molar-refractivity contribution in [3.63, 3.8) is 0 Å². The molecule has 1 heterocycles. The first-order chi connectivity index (χ1) is 10.1. The Labute approximate surface area is 132 Å². The van der Waals surface area contributed by atoms with Crippen LogP contribution < -0.4 is 15.0 Å². The topological polar surface area (TPSA) is 54.5 Å². The van der Waals surface area contributed by atoms with E-state index in [4.69, 9.17) is 16.3 Å². The smallest absolute Gasteiger partial charge is 0.230 e. The average molecular weight is 326 g/mol. The Morgan fingerprint density at radius 3 is 3.00 bits per heavy atom. The number of benzene rings is 1. The van der Waals surface area contributed by atoms with Crippen LogP contribution in [0.1, 0.15) is 6.42 Å². The van der Waals surface area contributed by atoms with Crippen LogP contribution >= 0.6 is 22.9 Å². The number of rotatable bonds is 6. The number of methoxy groups -OCH3 is 1. The molecule has 7 heteroatoms. The van der Waals surface area contributed by atoms with E-state index in [0.29, 0.717) is 28.9 Å². The van der Waals surface area contributed by atoms with Gasteiger partial charge in [0.2, 0.25) is 5.91 Å². The molecule has 1 aromatic carbocycles. The molecule has 0 saturated carbocycles. The zero-order valence-electron chi connectivity index (χ0n) is 11.8. The van der Waals surface area contributed by atoms with Gasteiger partial charge in [0.25, 0.3) is 0 Å². The van der Waals surface area contributed by atoms with Gasteiger partial charge in [-0.3, -0.25) is 9.69 Å². The lowest BCUT2D eigenvalue weighted by atomic mass is 10.2. The number of anilines is 2. The molecule has 2 aromatic rings. The van der Waals surface area contributed by atoms with E-state index in [1.165, 1.54) is 11.3 Å². The Morgan fingerprint density at radius 2 is 2.33 bits per heavy atom. The first kappa shape index (κ1) is 15.6. The van der Waals surface area contributed by atoms with Crippen molar-refractivity contribution < 1.29 is 9.53 Å². The van der Waals surface area contributed by atoms with E-state index in [-0.39, 0.29) is 5.91 Å². The SMILES string of the molecule is COc1ccc(Cl)cc1NCCC(=O)N(C)c1nccs1. The van der Waals surface area contributed by atoms with Crippen molar-refractivity contribution in [3.05, 3.63) is 34.8 Å². The Kier molecular flexibility index (Phi) is 5.41. The van der Waals surface area contributed by atoms with Gasteiger partial charge in [-0.05, 0) is 18.2 Å². The van der Waals surface area contributed by atoms with Crippen molar-refractivity contribution in [2.24, 2.45) is 0 Å². The molecule has 1 N–H and O–H groups in total. The number of ether oxygens (including phenoxy) is 1. The molecular weight excluding hydrogens is 310 g/mol. The summed E-state index contributed by atoms with van der Waals surface area (Å²) in [4.78, 5) is 17.7. The molecule has 1 aromatic heterocycles. The van der Waals surface area contributed by atoms with Crippen LogP contribution in [-0.4, -0.2) is 31.6 Å². The van der Waals surface area contributed by atoms with Crippen LogP contribution in [0.4, 0.5) is 10.8 Å². The second-order valence-corrected chi connectivity index (χ2v) is 5.60. The van der Waals surface area contributed by atoms with E-state index < -0.39 is 0 Å². The van der Waals surface area contributed by atoms with Gasteiger partial charge in [0.1, 0.15) is 5.75 Å². The predicted molar refractivity (Wildman–Crippen MR) is 86.6 cm³/mol. The maximum absolute atomic E-state index is 12.0. The number of aromatic nitrogens is 1. The summed E-state index contributed by atoms with van der Waals surface area (Å²) in [5, 5.41) is 6.31. The zero-order valence-corrected chi connectivity index (χ0v) is 13.4. The summed E-state index contributed by atoms with van der Waals surface area (Å²) in [5.41, 5.74) is 0.773. The maximum atomic E-state index is 12.0. The second kappa shape index (κ2) is 7.28. The molecular formula is C14H16ClN3O2S. The highest BCUT2D eigenvalue weighted by molar-refractivity contribution is 7.13. The largest absolute Gasteiger partial charge is 0.495 e. The summed E-state index contributed by atoms with van der Waals surface area (Å²) < 4.78 is 5.24. The summed E-state index contributed by atoms with van der Waals surface area (Å²) in [5.74, 6) is 0.693. The molecule has 21 heavy (non-hydrogen) atoms. The molecule has 0 spiro atoms. The van der Waals surface area contributed by atoms with Gasteiger partial charge in [-0.2, -0.15) is 0 Å². The Bertz CT molecular complexity index is 604. The summed E-state index contributed by atoms with van der Waals surface area (Å²) >= 11 is 7.39. The van der Waals surface area contributed by atoms with Crippen LogP contribution in [0.15, 0.2) is 29.8 Å². The van der Waals surface area contributed by atoms with Gasteiger partial charge < -0.3 is 10.1 Å². The highest BCUT2D eigenvalue weighted by Crippen LogP contribution is 2.27. The number of nitrogens with one attached hydrogen (secondary N) is 1. The number of halogens is 1. The number of carbonyl (C=O) groups is 1. The van der Waals surface area contributed by atoms with Crippen LogP contribution in [0.5, 0.6) is 5.75 Å². The van der Waals surface area contributed by atoms with Crippen LogP contribution in [0, 0.1) is 0 Å². The number of nitrogens with zero attached hydrogens (tertiary/aromatic N) is 2. The number of carbonyl (C=O) groups excluding carboxylic acids is 1. The molecule has 0 saturated heterocycles. The third-order valence-electron chi connectivity index (χ3n) is 2.90. The van der Waals surface area contributed by atoms with Gasteiger partial charge >= 0.3 is 0 Å². The summed E-state index contributed by atoms with van der Waals surface area (Å²) in [6.45, 7) is 0.491. The first-order valence-corrected chi connectivity index (χ1v) is 7.61. The highest BCUT2D eigenvalue weighted by Gasteiger charge is 2.13. The van der Waals surface area contributed by atoms with Gasteiger partial charge in [-0.1, -0.05) is 11.6 Å². The summed E-state index contributed by atoms with van der Waals surface area (Å²) in [6, 6.07) is 5.32. The zero-order chi connectivity index (χ0) is 15.2. The Balaban J connectivity index is 1.89. The minimum Gasteiger partial charge on any atom is -0.495 e. The molecule has 0 atom stereocenters. The molecule has 5 nitrogen and oxygen atoms in total. The molecule has 2 rings (SSSR count). The minimum atomic E-state index is -0.00144. The van der Waals surface area contributed by atoms with Crippen molar-refractivity contribution in [1.82, 2.24) is 4.98 Å². The molecule has 1 amide bonds. The number of hydrogen-bond donors (Lipinski definition) is 1. The Hall–Kier alpha value is -1.79. The molecule has 0 unspecified atom stereocenters. The van der Waals surface area contributed by atoms with Gasteiger partial charge in [0.15, 0.2) is 5.13 Å². The number of thiazole rings is 1. The van der Waals surface area contributed by atoms with Gasteiger partial charge in [-0.15, -0.1) is 11.3 Å². The molecule has 0 bridgehead atoms. The monoisotopic (exact) mass is 325 g/mol. The van der Waals surface area contributed by atoms with E-state index in [0.717, 1.165) is 5.69 Å². The van der Waals surface area contributed by atoms with E-state index in [1.807, 2.05) is 5.38 Å². The highest BCUT2D eigenvalue weighted by atomic mass is 35.5. The fourth-order valence-corrected chi connectivity index (χ4v) is 2.58. The van der Waals surface area contributed by atoms with Gasteiger partial charge in [0.05, 0.1) is 12.8 Å². The molecule has 0 aliphatic carbocycles. The van der Waals surface area contributed by atoms with Gasteiger partial charge in [-0.25, -0.2) is 4.98 Å². The van der Waals surface area contributed by atoms with Crippen molar-refractivity contribution in [1.29, 1.82) is 0 Å². The van der Waals surface area contributed by atoms with Crippen molar-refractivity contribution >= 4 is 39.7 Å². The molecule has 0 aliphatic heterocycles. The van der Waals surface area contributed by atoms with E-state index in [1.54, 1.807) is 43.5 Å². The third-order valence-corrected chi connectivity index (χ3v) is 3.98. The van der Waals surface area contributed by atoms with Crippen LogP contribution in [0.2, 0.25) is 5.02 Å². The summed E-state index contributed by atoms with van der Waals surface area (Å²) in [6.07, 6.45) is 2.03. The fourth-order valence-electron chi connectivity index (χ4n) is 1.78. The lowest BCUT2D eigenvalue weighted by Gasteiger charge is -2.15. The van der Waals surface area contributed by atoms with Crippen molar-refractivity contribution in [2.45, 2.75) is 6.42 Å². The van der Waals surface area contributed by atoms with Crippen molar-refractivity contribution in [3.8, 4) is 5.75 Å². The second-order valence-electron chi connectivity index (χ2n) is 4.29. The van der Waals surface area contributed by atoms with Crippen LogP contribution in [0.3, 0.4) is 0 Å². The van der Waals surface area contributed by atoms with Crippen molar-refractivity contribution in [2.75, 3.05) is 30.9 Å². The lowest BCUT2D eigenvalue weighted by molar-refractivity contribution is -0.118. The molecule has 0 radical (unpaired) electrons. The lowest BCUT2D eigenvalue weighted by Crippen LogP contribution is -2.27. The number of amides is 1. The van der Waals surface area contributed by atoms with E-state index in [2.05, 4.69) is 10.3 Å². The number of hydrogen-bond acceptors (Lipinski definition) is 5. The molecule has 0 aliphatic rings. The summed E-state index contributed by atoms with van der Waals surface area (Å²) in [7, 11) is 3.32. The van der Waals surface area contributed by atoms with Crippen LogP contribution in [0.25, 0.3) is 0 Å². The quantitative estimate of drug-likeness (QED) is 0.885. The standard InChI is InChI=1S/C14H16ClN3O2S/c1-18(14-17-7-8-21-14)13(19)5-6-16-11-9-10(15)3-4-12(11)20-2/h3-4,7-9,16H,5-6H2,1-2H3. The maximum Gasteiger partial charge on any atom is 0.230 e. The Morgan fingerprint density at radius 1 is 1.52 bits per heavy atom. The normalized spacial score (nSPS) is 10.2. The fraction of sp³-hybridized carbons (Fsp3) is 0.286. The molecule has 112 valence electrons. The average Bonchev–Trinajstić information content (AvgIpc) is 3.00. The van der Waals surface area contributed by atoms with E-state index in [9.17, 15) is 4.79 Å². The minimum absolute atomic E-state index is 0.00144. The molecule has 0 fully saturated rings. The predicted octanol–water partition coefficient (Wildman–Crippen LogP) is 3.27. The first-order valence-electron chi connectivity index (χ1n) is 6.35. The van der Waals surface area contributed by atoms with Gasteiger partial charge in [0, 0.05) is 36.6 Å².